The Bertz CT molecular complexity index is 1060. The lowest BCUT2D eigenvalue weighted by molar-refractivity contribution is 0.0601. The molecule has 0 atom stereocenters. The van der Waals surface area contributed by atoms with E-state index in [2.05, 4.69) is 15.2 Å². The SMILES string of the molecule is COC(=O)c1ccc(-c2cnn3cc(-c4cnn(C)c4)cnc23)cc1. The molecule has 25 heavy (non-hydrogen) atoms. The number of aromatic nitrogens is 5. The molecule has 3 aromatic heterocycles. The number of ether oxygens (including phenoxy) is 1. The molecule has 0 amide bonds. The molecule has 0 bridgehead atoms. The first-order valence-corrected chi connectivity index (χ1v) is 7.67. The van der Waals surface area contributed by atoms with Gasteiger partial charge in [0.1, 0.15) is 0 Å². The van der Waals surface area contributed by atoms with Crippen LogP contribution in [0.25, 0.3) is 27.9 Å². The summed E-state index contributed by atoms with van der Waals surface area (Å²) >= 11 is 0. The molecule has 0 N–H and O–H groups in total. The maximum absolute atomic E-state index is 11.5. The van der Waals surface area contributed by atoms with Crippen molar-refractivity contribution in [3.63, 3.8) is 0 Å². The van der Waals surface area contributed by atoms with Crippen molar-refractivity contribution in [2.45, 2.75) is 0 Å². The van der Waals surface area contributed by atoms with Crippen LogP contribution in [-0.4, -0.2) is 37.5 Å². The maximum Gasteiger partial charge on any atom is 0.337 e. The summed E-state index contributed by atoms with van der Waals surface area (Å²) in [5.41, 5.74) is 5.01. The van der Waals surface area contributed by atoms with Gasteiger partial charge in [-0.15, -0.1) is 0 Å². The Kier molecular flexibility index (Phi) is 3.53. The minimum Gasteiger partial charge on any atom is -0.465 e. The number of methoxy groups -OCH3 is 1. The molecule has 3 heterocycles. The molecule has 0 aliphatic rings. The summed E-state index contributed by atoms with van der Waals surface area (Å²) in [6, 6.07) is 7.18. The van der Waals surface area contributed by atoms with Gasteiger partial charge in [-0.2, -0.15) is 10.2 Å². The van der Waals surface area contributed by atoms with Gasteiger partial charge in [-0.3, -0.25) is 4.68 Å². The van der Waals surface area contributed by atoms with Crippen LogP contribution in [0.4, 0.5) is 0 Å². The van der Waals surface area contributed by atoms with Crippen LogP contribution >= 0.6 is 0 Å². The van der Waals surface area contributed by atoms with Crippen molar-refractivity contribution in [1.82, 2.24) is 24.4 Å². The first-order valence-electron chi connectivity index (χ1n) is 7.67. The Morgan fingerprint density at radius 1 is 0.960 bits per heavy atom. The Labute approximate surface area is 143 Å². The molecule has 7 heteroatoms. The van der Waals surface area contributed by atoms with E-state index in [1.807, 2.05) is 31.6 Å². The quantitative estimate of drug-likeness (QED) is 0.539. The number of benzene rings is 1. The number of esters is 1. The van der Waals surface area contributed by atoms with Crippen LogP contribution in [0.3, 0.4) is 0 Å². The van der Waals surface area contributed by atoms with Gasteiger partial charge in [0.2, 0.25) is 0 Å². The fourth-order valence-corrected chi connectivity index (χ4v) is 2.70. The molecule has 1 aromatic carbocycles. The van der Waals surface area contributed by atoms with Crippen molar-refractivity contribution in [2.24, 2.45) is 7.05 Å². The van der Waals surface area contributed by atoms with Crippen molar-refractivity contribution >= 4 is 11.6 Å². The van der Waals surface area contributed by atoms with E-state index in [-0.39, 0.29) is 5.97 Å². The summed E-state index contributed by atoms with van der Waals surface area (Å²) in [7, 11) is 3.24. The van der Waals surface area contributed by atoms with Crippen molar-refractivity contribution in [1.29, 1.82) is 0 Å². The van der Waals surface area contributed by atoms with Crippen LogP contribution in [0, 0.1) is 0 Å². The van der Waals surface area contributed by atoms with Gasteiger partial charge in [0.15, 0.2) is 5.65 Å². The fourth-order valence-electron chi connectivity index (χ4n) is 2.70. The summed E-state index contributed by atoms with van der Waals surface area (Å²) in [5.74, 6) is -0.356. The van der Waals surface area contributed by atoms with Gasteiger partial charge < -0.3 is 4.74 Å². The minimum atomic E-state index is -0.356. The second-order valence-corrected chi connectivity index (χ2v) is 5.64. The van der Waals surface area contributed by atoms with Crippen LogP contribution in [0.1, 0.15) is 10.4 Å². The highest BCUT2D eigenvalue weighted by atomic mass is 16.5. The Morgan fingerprint density at radius 2 is 1.72 bits per heavy atom. The largest absolute Gasteiger partial charge is 0.465 e. The Hall–Kier alpha value is -3.48. The third-order valence-electron chi connectivity index (χ3n) is 4.01. The number of hydrogen-bond donors (Lipinski definition) is 0. The van der Waals surface area contributed by atoms with Gasteiger partial charge in [-0.25, -0.2) is 14.3 Å². The van der Waals surface area contributed by atoms with E-state index >= 15 is 0 Å². The molecule has 4 rings (SSSR count). The van der Waals surface area contributed by atoms with Crippen molar-refractivity contribution in [2.75, 3.05) is 7.11 Å². The van der Waals surface area contributed by atoms with Crippen molar-refractivity contribution in [3.8, 4) is 22.3 Å². The van der Waals surface area contributed by atoms with E-state index in [1.54, 1.807) is 39.9 Å². The lowest BCUT2D eigenvalue weighted by atomic mass is 10.1. The minimum absolute atomic E-state index is 0.356. The van der Waals surface area contributed by atoms with Gasteiger partial charge in [-0.05, 0) is 17.7 Å². The highest BCUT2D eigenvalue weighted by molar-refractivity contribution is 5.90. The molecule has 7 nitrogen and oxygen atoms in total. The second-order valence-electron chi connectivity index (χ2n) is 5.64. The summed E-state index contributed by atoms with van der Waals surface area (Å²) in [5, 5.41) is 8.57. The molecule has 0 saturated carbocycles. The van der Waals surface area contributed by atoms with E-state index < -0.39 is 0 Å². The molecule has 0 radical (unpaired) electrons. The molecule has 0 fully saturated rings. The zero-order chi connectivity index (χ0) is 17.4. The number of hydrogen-bond acceptors (Lipinski definition) is 5. The zero-order valence-corrected chi connectivity index (χ0v) is 13.7. The lowest BCUT2D eigenvalue weighted by Crippen LogP contribution is -2.00. The van der Waals surface area contributed by atoms with Crippen molar-refractivity contribution < 1.29 is 9.53 Å². The highest BCUT2D eigenvalue weighted by Crippen LogP contribution is 2.25. The molecular weight excluding hydrogens is 318 g/mol. The maximum atomic E-state index is 11.5. The number of carbonyl (C=O) groups is 1. The van der Waals surface area contributed by atoms with Crippen LogP contribution in [0.15, 0.2) is 55.2 Å². The normalized spacial score (nSPS) is 11.0. The predicted molar refractivity (Wildman–Crippen MR) is 92.0 cm³/mol. The molecule has 124 valence electrons. The Morgan fingerprint density at radius 3 is 2.40 bits per heavy atom. The highest BCUT2D eigenvalue weighted by Gasteiger charge is 2.11. The van der Waals surface area contributed by atoms with Crippen LogP contribution in [-0.2, 0) is 11.8 Å². The summed E-state index contributed by atoms with van der Waals surface area (Å²) < 4.78 is 8.21. The van der Waals surface area contributed by atoms with Crippen molar-refractivity contribution in [3.05, 3.63) is 60.8 Å². The van der Waals surface area contributed by atoms with Crippen LogP contribution < -0.4 is 0 Å². The van der Waals surface area contributed by atoms with Gasteiger partial charge in [0.05, 0.1) is 25.1 Å². The third kappa shape index (κ3) is 2.65. The monoisotopic (exact) mass is 333 g/mol. The second kappa shape index (κ2) is 5.86. The summed E-state index contributed by atoms with van der Waals surface area (Å²) in [6.07, 6.45) is 9.21. The van der Waals surface area contributed by atoms with E-state index in [0.29, 0.717) is 5.56 Å². The number of carbonyl (C=O) groups excluding carboxylic acids is 1. The van der Waals surface area contributed by atoms with E-state index in [0.717, 1.165) is 27.9 Å². The molecule has 0 aliphatic carbocycles. The molecular formula is C18H15N5O2. The first-order chi connectivity index (χ1) is 12.2. The Balaban J connectivity index is 1.72. The zero-order valence-electron chi connectivity index (χ0n) is 13.7. The summed E-state index contributed by atoms with van der Waals surface area (Å²) in [4.78, 5) is 16.1. The summed E-state index contributed by atoms with van der Waals surface area (Å²) in [6.45, 7) is 0. The van der Waals surface area contributed by atoms with E-state index in [1.165, 1.54) is 7.11 Å². The average Bonchev–Trinajstić information content (AvgIpc) is 3.27. The number of aryl methyl sites for hydroxylation is 1. The van der Waals surface area contributed by atoms with Gasteiger partial charge in [0, 0.05) is 42.3 Å². The number of fused-ring (bicyclic) bond motifs is 1. The third-order valence-corrected chi connectivity index (χ3v) is 4.01. The average molecular weight is 333 g/mol. The number of nitrogens with zero attached hydrogens (tertiary/aromatic N) is 5. The van der Waals surface area contributed by atoms with Gasteiger partial charge >= 0.3 is 5.97 Å². The van der Waals surface area contributed by atoms with Crippen LogP contribution in [0.2, 0.25) is 0 Å². The van der Waals surface area contributed by atoms with Crippen LogP contribution in [0.5, 0.6) is 0 Å². The lowest BCUT2D eigenvalue weighted by Gasteiger charge is -2.03. The molecule has 0 unspecified atom stereocenters. The van der Waals surface area contributed by atoms with E-state index in [9.17, 15) is 4.79 Å². The fraction of sp³-hybridized carbons (Fsp3) is 0.111. The molecule has 4 aromatic rings. The number of rotatable bonds is 3. The topological polar surface area (TPSA) is 74.3 Å². The predicted octanol–water partition coefficient (Wildman–Crippen LogP) is 2.58. The first kappa shape index (κ1) is 15.1. The van der Waals surface area contributed by atoms with Gasteiger partial charge in [0.25, 0.3) is 0 Å². The molecule has 0 spiro atoms. The molecule has 0 aliphatic heterocycles. The standard InChI is InChI=1S/C18H15N5O2/c1-22-10-15(8-20-22)14-7-19-17-16(9-21-23(17)11-14)12-3-5-13(6-4-12)18(24)25-2/h3-11H,1-2H3. The van der Waals surface area contributed by atoms with E-state index in [4.69, 9.17) is 4.74 Å². The smallest absolute Gasteiger partial charge is 0.337 e. The van der Waals surface area contributed by atoms with Gasteiger partial charge in [-0.1, -0.05) is 12.1 Å². The molecule has 0 saturated heterocycles.